The zero-order valence-electron chi connectivity index (χ0n) is 42.9. The van der Waals surface area contributed by atoms with Crippen LogP contribution in [-0.4, -0.2) is 114 Å². The Hall–Kier alpha value is -6.80. The van der Waals surface area contributed by atoms with E-state index in [1.165, 1.54) is 20.3 Å². The van der Waals surface area contributed by atoms with Crippen LogP contribution in [0.15, 0.2) is 55.0 Å². The van der Waals surface area contributed by atoms with Crippen molar-refractivity contribution in [1.82, 2.24) is 49.9 Å². The summed E-state index contributed by atoms with van der Waals surface area (Å²) < 4.78 is 41.7. The Balaban J connectivity index is 0.900. The summed E-state index contributed by atoms with van der Waals surface area (Å²) in [6, 6.07) is 9.21. The smallest absolute Gasteiger partial charge is 0.407 e. The molecule has 1 saturated carbocycles. The first kappa shape index (κ1) is 49.4. The molecule has 11 rings (SSSR count). The van der Waals surface area contributed by atoms with Crippen molar-refractivity contribution in [3.63, 3.8) is 0 Å². The van der Waals surface area contributed by atoms with E-state index in [0.717, 1.165) is 51.3 Å². The number of alkyl carbamates (subject to hydrolysis) is 2. The van der Waals surface area contributed by atoms with Crippen LogP contribution in [0.25, 0.3) is 44.7 Å². The topological polar surface area (TPSA) is 211 Å². The van der Waals surface area contributed by atoms with Gasteiger partial charge in [-0.15, -0.1) is 11.3 Å². The molecule has 74 heavy (non-hydrogen) atoms. The van der Waals surface area contributed by atoms with Crippen molar-refractivity contribution in [1.29, 1.82) is 0 Å². The van der Waals surface area contributed by atoms with E-state index in [9.17, 15) is 19.2 Å². The number of fused-ring (bicyclic) bond motifs is 6. The molecule has 2 unspecified atom stereocenters. The summed E-state index contributed by atoms with van der Waals surface area (Å²) >= 11 is 1.56. The van der Waals surface area contributed by atoms with E-state index >= 15 is 4.39 Å². The van der Waals surface area contributed by atoms with Gasteiger partial charge >= 0.3 is 12.2 Å². The third kappa shape index (κ3) is 8.96. The normalized spacial score (nSPS) is 23.5. The predicted octanol–water partition coefficient (Wildman–Crippen LogP) is 9.38. The van der Waals surface area contributed by atoms with E-state index in [1.807, 2.05) is 67.6 Å². The van der Waals surface area contributed by atoms with Crippen molar-refractivity contribution in [3.8, 4) is 39.5 Å². The number of carbonyl (C=O) groups excluding carboxylic acids is 4. The molecule has 4 amide bonds. The number of nitrogens with zero attached hydrogens (tertiary/aromatic N) is 6. The fourth-order valence-electron chi connectivity index (χ4n) is 11.7. The van der Waals surface area contributed by atoms with Crippen molar-refractivity contribution >= 4 is 46.2 Å². The Kier molecular flexibility index (Phi) is 12.8. The number of hydrogen-bond donors (Lipinski definition) is 4. The van der Waals surface area contributed by atoms with Gasteiger partial charge in [0.1, 0.15) is 35.3 Å². The Morgan fingerprint density at radius 1 is 0.865 bits per heavy atom. The summed E-state index contributed by atoms with van der Waals surface area (Å²) in [4.78, 5) is 79.5. The molecular formula is C54H63FN10O8S. The minimum atomic E-state index is -0.779. The molecule has 20 heteroatoms. The van der Waals surface area contributed by atoms with Crippen LogP contribution >= 0.6 is 11.3 Å². The molecule has 4 fully saturated rings. The van der Waals surface area contributed by atoms with E-state index in [0.29, 0.717) is 78.2 Å². The van der Waals surface area contributed by atoms with Gasteiger partial charge in [0, 0.05) is 46.8 Å². The molecule has 18 nitrogen and oxygen atoms in total. The minimum absolute atomic E-state index is 0.0720. The third-order valence-corrected chi connectivity index (χ3v) is 16.9. The second-order valence-corrected chi connectivity index (χ2v) is 22.8. The molecule has 4 N–H and O–H groups in total. The van der Waals surface area contributed by atoms with Gasteiger partial charge in [0.2, 0.25) is 18.0 Å². The van der Waals surface area contributed by atoms with Crippen LogP contribution in [0, 0.1) is 23.6 Å². The average Bonchev–Trinajstić information content (AvgIpc) is 4.16. The van der Waals surface area contributed by atoms with Crippen LogP contribution < -0.4 is 15.4 Å². The highest BCUT2D eigenvalue weighted by Crippen LogP contribution is 2.54. The summed E-state index contributed by atoms with van der Waals surface area (Å²) in [6.45, 7) is 13.0. The number of imidazole rings is 2. The van der Waals surface area contributed by atoms with Gasteiger partial charge in [-0.3, -0.25) is 14.2 Å². The van der Waals surface area contributed by atoms with Gasteiger partial charge in [-0.2, -0.15) is 0 Å². The number of nitrogens with one attached hydrogen (secondary N) is 4. The van der Waals surface area contributed by atoms with Crippen LogP contribution in [0.4, 0.5) is 14.0 Å². The summed E-state index contributed by atoms with van der Waals surface area (Å²) in [7, 11) is 2.58. The van der Waals surface area contributed by atoms with Crippen molar-refractivity contribution in [2.24, 2.45) is 17.8 Å². The average molecular weight is 1030 g/mol. The van der Waals surface area contributed by atoms with Gasteiger partial charge in [-0.1, -0.05) is 33.8 Å². The van der Waals surface area contributed by atoms with Crippen LogP contribution in [0.5, 0.6) is 5.75 Å². The van der Waals surface area contributed by atoms with Gasteiger partial charge in [0.05, 0.1) is 72.5 Å². The molecule has 8 atom stereocenters. The number of thiazole rings is 1. The number of likely N-dealkylation sites (tertiary alicyclic amines) is 2. The Morgan fingerprint density at radius 2 is 1.59 bits per heavy atom. The molecule has 3 saturated heterocycles. The van der Waals surface area contributed by atoms with E-state index in [2.05, 4.69) is 40.5 Å². The summed E-state index contributed by atoms with van der Waals surface area (Å²) in [5, 5.41) is 7.16. The first-order valence-corrected chi connectivity index (χ1v) is 26.5. The molecule has 5 aliphatic rings. The number of halogens is 1. The standard InChI is InChI=1S/C54H63FN10O8S/c1-26(2)42-25-58-48(74-42)51-65-36-12-11-28(34-23-57-47(59-34)40-20-32-18-38(32)64(40)50(67)45(62-53(69)71-8)29-13-15-72-54(5,6)22-29)16-31(36)19-39(65)43-33(55)17-30(21-41(43)73-51)35-24-56-46(60-35)37-10-9-14-63(37)49(66)44(27(3)4)61-52(68)70-7/h11-12,16-17,19,21,23-27,29,32,37-38,40,44-45,51H,9-10,13-15,18,20,22H2,1-8H3,(H,56,60)(H,57,59)(H,61,68)(H,62,69)/t29?,32-,37+,38-,40+,44+,45+,51?/m1/s1. The van der Waals surface area contributed by atoms with Gasteiger partial charge in [0.25, 0.3) is 0 Å². The molecule has 8 heterocycles. The highest BCUT2D eigenvalue weighted by Gasteiger charge is 2.57. The van der Waals surface area contributed by atoms with Gasteiger partial charge in [-0.05, 0) is 106 Å². The summed E-state index contributed by atoms with van der Waals surface area (Å²) in [5.74, 6) is 1.04. The molecule has 1 aliphatic carbocycles. The van der Waals surface area contributed by atoms with Gasteiger partial charge in [-0.25, -0.2) is 28.9 Å². The molecule has 4 aliphatic heterocycles. The molecular weight excluding hydrogens is 968 g/mol. The Morgan fingerprint density at radius 3 is 2.30 bits per heavy atom. The Bertz CT molecular complexity index is 3160. The van der Waals surface area contributed by atoms with Crippen molar-refractivity contribution in [2.75, 3.05) is 27.4 Å². The molecule has 0 spiro atoms. The molecule has 2 aromatic carbocycles. The fourth-order valence-corrected chi connectivity index (χ4v) is 12.7. The maximum absolute atomic E-state index is 17.0. The van der Waals surface area contributed by atoms with Crippen molar-refractivity contribution < 1.29 is 42.5 Å². The molecule has 390 valence electrons. The van der Waals surface area contributed by atoms with Crippen molar-refractivity contribution in [3.05, 3.63) is 82.3 Å². The lowest BCUT2D eigenvalue weighted by Gasteiger charge is -2.40. The molecule has 0 bridgehead atoms. The zero-order chi connectivity index (χ0) is 51.9. The first-order valence-electron chi connectivity index (χ1n) is 25.7. The van der Waals surface area contributed by atoms with E-state index in [-0.39, 0.29) is 47.7 Å². The van der Waals surface area contributed by atoms with Crippen LogP contribution in [-0.2, 0) is 23.8 Å². The van der Waals surface area contributed by atoms with Crippen LogP contribution in [0.2, 0.25) is 0 Å². The monoisotopic (exact) mass is 1030 g/mol. The number of carbonyl (C=O) groups is 4. The SMILES string of the molecule is COC(=O)N[C@H](C(=O)N1CCC[C@H]1c1ncc(-c2cc(F)c3c(c2)OC(c2ncc(C(C)C)s2)n2c-3cc3cc(-c4cnc([C@@H]5C[C@H]6C[C@H]6N5C(=O)[C@@H](NC(=O)OC)C5CCOC(C)(C)C5)[nH]4)ccc32)[nH]1)C(C)C. The first-order chi connectivity index (χ1) is 35.5. The fraction of sp³-hybridized carbons (Fsp3) is 0.500. The maximum Gasteiger partial charge on any atom is 0.407 e. The van der Waals surface area contributed by atoms with Gasteiger partial charge < -0.3 is 49.3 Å². The number of rotatable bonds is 12. The molecule has 0 radical (unpaired) electrons. The second-order valence-electron chi connectivity index (χ2n) is 21.7. The van der Waals surface area contributed by atoms with E-state index < -0.39 is 41.9 Å². The number of aromatic nitrogens is 6. The zero-order valence-corrected chi connectivity index (χ0v) is 43.7. The third-order valence-electron chi connectivity index (χ3n) is 15.6. The largest absolute Gasteiger partial charge is 0.462 e. The number of piperidine rings is 1. The van der Waals surface area contributed by atoms with Crippen LogP contribution in [0.3, 0.4) is 0 Å². The number of H-pyrrole nitrogens is 2. The molecule has 4 aromatic heterocycles. The molecule has 6 aromatic rings. The van der Waals surface area contributed by atoms with E-state index in [4.69, 9.17) is 33.9 Å². The van der Waals surface area contributed by atoms with Crippen LogP contribution in [0.1, 0.15) is 126 Å². The maximum atomic E-state index is 17.0. The van der Waals surface area contributed by atoms with E-state index in [1.54, 1.807) is 28.6 Å². The number of amides is 4. The highest BCUT2D eigenvalue weighted by molar-refractivity contribution is 7.11. The lowest BCUT2D eigenvalue weighted by atomic mass is 9.82. The number of ether oxygens (including phenoxy) is 4. The number of aromatic amines is 2. The highest BCUT2D eigenvalue weighted by atomic mass is 32.1. The quantitative estimate of drug-likeness (QED) is 0.0907. The van der Waals surface area contributed by atoms with Gasteiger partial charge in [0.15, 0.2) is 5.01 Å². The van der Waals surface area contributed by atoms with Crippen molar-refractivity contribution in [2.45, 2.75) is 128 Å². The lowest BCUT2D eigenvalue weighted by molar-refractivity contribution is -0.140. The second kappa shape index (κ2) is 19.2. The Labute approximate surface area is 432 Å². The number of benzene rings is 2. The summed E-state index contributed by atoms with van der Waals surface area (Å²) in [5.41, 5.74) is 4.04. The minimum Gasteiger partial charge on any atom is -0.462 e. The number of methoxy groups -OCH3 is 2. The lowest BCUT2D eigenvalue weighted by Crippen LogP contribution is -2.55. The predicted molar refractivity (Wildman–Crippen MR) is 274 cm³/mol. The number of hydrogen-bond acceptors (Lipinski definition) is 12. The summed E-state index contributed by atoms with van der Waals surface area (Å²) in [6.07, 6.45) is 7.65.